The zero-order valence-electron chi connectivity index (χ0n) is 11.1. The van der Waals surface area contributed by atoms with Gasteiger partial charge in [-0.2, -0.15) is 8.42 Å². The lowest BCUT2D eigenvalue weighted by molar-refractivity contribution is -0.0885. The van der Waals surface area contributed by atoms with Crippen molar-refractivity contribution in [2.24, 2.45) is 4.40 Å². The van der Waals surface area contributed by atoms with Crippen molar-refractivity contribution >= 4 is 15.9 Å². The molecular formula is C12H17N3O4S. The standard InChI is InChI=1S/C12H17N3O4S/c1-2-19-12(16)7-11-14-9-5-3-4-6-13-8-10(9)20(17,18)15-11/h4-5,12-13,16H,2,6-8H2,1H3,(H,14,15)/t3?,12-/m1/s1. The highest BCUT2D eigenvalue weighted by atomic mass is 32.2. The van der Waals surface area contributed by atoms with E-state index in [2.05, 4.69) is 20.8 Å². The zero-order valence-corrected chi connectivity index (χ0v) is 11.9. The van der Waals surface area contributed by atoms with Crippen LogP contribution in [0.1, 0.15) is 13.3 Å². The average molecular weight is 299 g/mol. The number of hydrogen-bond acceptors (Lipinski definition) is 6. The summed E-state index contributed by atoms with van der Waals surface area (Å²) in [6.07, 6.45) is 2.22. The Bertz CT molecular complexity index is 600. The quantitative estimate of drug-likeness (QED) is 0.482. The molecule has 0 saturated carbocycles. The highest BCUT2D eigenvalue weighted by Gasteiger charge is 2.27. The second-order valence-corrected chi connectivity index (χ2v) is 5.86. The maximum absolute atomic E-state index is 12.1. The van der Waals surface area contributed by atoms with E-state index in [0.717, 1.165) is 0 Å². The molecule has 1 atom stereocenters. The number of rotatable bonds is 4. The van der Waals surface area contributed by atoms with Crippen molar-refractivity contribution in [3.05, 3.63) is 28.5 Å². The number of sulfonamides is 1. The van der Waals surface area contributed by atoms with Gasteiger partial charge in [0.15, 0.2) is 6.29 Å². The van der Waals surface area contributed by atoms with Crippen molar-refractivity contribution in [1.29, 1.82) is 0 Å². The third-order valence-corrected chi connectivity index (χ3v) is 4.17. The van der Waals surface area contributed by atoms with Crippen LogP contribution in [0.3, 0.4) is 0 Å². The van der Waals surface area contributed by atoms with Crippen LogP contribution in [0.5, 0.6) is 0 Å². The van der Waals surface area contributed by atoms with Gasteiger partial charge in [-0.25, -0.2) is 0 Å². The Morgan fingerprint density at radius 2 is 2.40 bits per heavy atom. The third kappa shape index (κ3) is 3.56. The molecule has 0 bridgehead atoms. The van der Waals surface area contributed by atoms with Gasteiger partial charge in [0.2, 0.25) is 0 Å². The number of aliphatic hydroxyl groups is 1. The Hall–Kier alpha value is -1.44. The summed E-state index contributed by atoms with van der Waals surface area (Å²) in [6.45, 7) is 2.82. The molecule has 0 saturated heterocycles. The van der Waals surface area contributed by atoms with E-state index >= 15 is 0 Å². The van der Waals surface area contributed by atoms with E-state index in [-0.39, 0.29) is 23.7 Å². The van der Waals surface area contributed by atoms with E-state index < -0.39 is 16.3 Å². The summed E-state index contributed by atoms with van der Waals surface area (Å²) in [5.41, 5.74) is 3.30. The van der Waals surface area contributed by atoms with Gasteiger partial charge in [-0.3, -0.25) is 0 Å². The van der Waals surface area contributed by atoms with Crippen LogP contribution < -0.4 is 10.6 Å². The first-order chi connectivity index (χ1) is 9.53. The fourth-order valence-electron chi connectivity index (χ4n) is 1.85. The maximum atomic E-state index is 12.1. The van der Waals surface area contributed by atoms with Gasteiger partial charge in [0.05, 0.1) is 12.1 Å². The van der Waals surface area contributed by atoms with E-state index in [1.54, 1.807) is 19.1 Å². The predicted molar refractivity (Wildman–Crippen MR) is 74.3 cm³/mol. The van der Waals surface area contributed by atoms with Crippen molar-refractivity contribution in [1.82, 2.24) is 10.6 Å². The van der Waals surface area contributed by atoms with Crippen molar-refractivity contribution in [3.63, 3.8) is 0 Å². The molecule has 0 fully saturated rings. The number of allylic oxidation sites excluding steroid dienone is 1. The van der Waals surface area contributed by atoms with Crippen LogP contribution in [0.4, 0.5) is 0 Å². The molecule has 0 radical (unpaired) electrons. The van der Waals surface area contributed by atoms with Gasteiger partial charge in [0, 0.05) is 25.8 Å². The summed E-state index contributed by atoms with van der Waals surface area (Å²) < 4.78 is 32.9. The van der Waals surface area contributed by atoms with Gasteiger partial charge < -0.3 is 20.5 Å². The minimum Gasteiger partial charge on any atom is -0.368 e. The molecule has 0 unspecified atom stereocenters. The van der Waals surface area contributed by atoms with Crippen LogP contribution in [-0.2, 0) is 14.8 Å². The van der Waals surface area contributed by atoms with Crippen LogP contribution in [0.2, 0.25) is 0 Å². The largest absolute Gasteiger partial charge is 0.368 e. The molecule has 2 heterocycles. The van der Waals surface area contributed by atoms with E-state index in [1.165, 1.54) is 0 Å². The van der Waals surface area contributed by atoms with Gasteiger partial charge >= 0.3 is 0 Å². The molecule has 0 aromatic carbocycles. The smallest absolute Gasteiger partial charge is 0.283 e. The number of nitrogens with zero attached hydrogens (tertiary/aromatic N) is 1. The highest BCUT2D eigenvalue weighted by Crippen LogP contribution is 2.19. The number of ether oxygens (including phenoxy) is 1. The van der Waals surface area contributed by atoms with Crippen molar-refractivity contribution in [2.45, 2.75) is 19.6 Å². The zero-order chi connectivity index (χ0) is 14.6. The monoisotopic (exact) mass is 299 g/mol. The van der Waals surface area contributed by atoms with Gasteiger partial charge in [0.1, 0.15) is 10.7 Å². The summed E-state index contributed by atoms with van der Waals surface area (Å²) in [6, 6.07) is 0. The van der Waals surface area contributed by atoms with Crippen molar-refractivity contribution in [3.8, 4) is 0 Å². The Morgan fingerprint density at radius 3 is 3.15 bits per heavy atom. The summed E-state index contributed by atoms with van der Waals surface area (Å²) in [5, 5.41) is 15.4. The van der Waals surface area contributed by atoms with E-state index in [0.29, 0.717) is 18.8 Å². The molecule has 3 N–H and O–H groups in total. The molecule has 0 aromatic heterocycles. The first-order valence-electron chi connectivity index (χ1n) is 6.28. The summed E-state index contributed by atoms with van der Waals surface area (Å²) in [4.78, 5) is 0.174. The molecule has 2 aliphatic rings. The molecule has 110 valence electrons. The molecule has 0 amide bonds. The lowest BCUT2D eigenvalue weighted by atomic mass is 10.3. The Labute approximate surface area is 117 Å². The first kappa shape index (κ1) is 15.0. The molecule has 2 aliphatic heterocycles. The number of amidine groups is 1. The van der Waals surface area contributed by atoms with Gasteiger partial charge in [-0.05, 0) is 13.0 Å². The topological polar surface area (TPSA) is 100 Å². The lowest BCUT2D eigenvalue weighted by Crippen LogP contribution is -2.36. The third-order valence-electron chi connectivity index (χ3n) is 2.73. The fourth-order valence-corrected chi connectivity index (χ4v) is 3.05. The van der Waals surface area contributed by atoms with E-state index in [1.807, 2.05) is 0 Å². The molecule has 7 nitrogen and oxygen atoms in total. The number of nitrogens with one attached hydrogen (secondary N) is 2. The lowest BCUT2D eigenvalue weighted by Gasteiger charge is -2.21. The maximum Gasteiger partial charge on any atom is 0.283 e. The number of hydrogen-bond donors (Lipinski definition) is 3. The Morgan fingerprint density at radius 1 is 1.60 bits per heavy atom. The summed E-state index contributed by atoms with van der Waals surface area (Å²) in [5.74, 6) is 0.156. The molecule has 0 aliphatic carbocycles. The van der Waals surface area contributed by atoms with Crippen LogP contribution in [-0.4, -0.2) is 45.3 Å². The molecule has 0 spiro atoms. The molecule has 20 heavy (non-hydrogen) atoms. The number of aliphatic hydroxyl groups excluding tert-OH is 1. The van der Waals surface area contributed by atoms with E-state index in [4.69, 9.17) is 4.74 Å². The Balaban J connectivity index is 2.26. The molecule has 8 heteroatoms. The highest BCUT2D eigenvalue weighted by molar-refractivity contribution is 7.94. The fraction of sp³-hybridized carbons (Fsp3) is 0.500. The summed E-state index contributed by atoms with van der Waals surface area (Å²) >= 11 is 0. The second-order valence-electron chi connectivity index (χ2n) is 4.24. The van der Waals surface area contributed by atoms with Gasteiger partial charge in [-0.15, -0.1) is 10.1 Å². The second kappa shape index (κ2) is 6.34. The molecular weight excluding hydrogens is 282 g/mol. The average Bonchev–Trinajstić information content (AvgIpc) is 2.30. The van der Waals surface area contributed by atoms with Gasteiger partial charge in [-0.1, -0.05) is 0 Å². The molecule has 0 aromatic rings. The molecule has 2 rings (SSSR count). The first-order valence-corrected chi connectivity index (χ1v) is 7.72. The van der Waals surface area contributed by atoms with Gasteiger partial charge in [0.25, 0.3) is 10.0 Å². The minimum atomic E-state index is -3.74. The van der Waals surface area contributed by atoms with E-state index in [9.17, 15) is 13.5 Å². The minimum absolute atomic E-state index is 0.0190. The van der Waals surface area contributed by atoms with Crippen molar-refractivity contribution < 1.29 is 18.3 Å². The summed E-state index contributed by atoms with van der Waals surface area (Å²) in [7, 11) is -3.74. The SMILES string of the molecule is CCO[C@@H](O)CC1=NS(=O)(=O)C2=C(C=C=CCNC2)N1. The van der Waals surface area contributed by atoms with Crippen LogP contribution >= 0.6 is 0 Å². The Kier molecular flexibility index (Phi) is 4.74. The predicted octanol–water partition coefficient (Wildman–Crippen LogP) is -0.411. The van der Waals surface area contributed by atoms with Crippen LogP contribution in [0.15, 0.2) is 32.9 Å². The van der Waals surface area contributed by atoms with Crippen LogP contribution in [0.25, 0.3) is 0 Å². The normalized spacial score (nSPS) is 22.4. The van der Waals surface area contributed by atoms with Crippen LogP contribution in [0, 0.1) is 0 Å². The van der Waals surface area contributed by atoms with Crippen molar-refractivity contribution in [2.75, 3.05) is 19.7 Å².